The Morgan fingerprint density at radius 1 is 1.24 bits per heavy atom. The minimum Gasteiger partial charge on any atom is -0.444 e. The fraction of sp³-hybridized carbons (Fsp3) is 0.680. The van der Waals surface area contributed by atoms with Crippen molar-refractivity contribution in [3.05, 3.63) is 28.5 Å². The first-order chi connectivity index (χ1) is 15.4. The van der Waals surface area contributed by atoms with E-state index in [0.29, 0.717) is 12.6 Å². The van der Waals surface area contributed by atoms with Crippen molar-refractivity contribution in [1.29, 1.82) is 0 Å². The molecule has 0 spiro atoms. The Bertz CT molecular complexity index is 941. The van der Waals surface area contributed by atoms with Gasteiger partial charge in [0.15, 0.2) is 0 Å². The molecule has 1 aliphatic heterocycles. The van der Waals surface area contributed by atoms with Gasteiger partial charge < -0.3 is 18.9 Å². The number of aromatic nitrogens is 2. The summed E-state index contributed by atoms with van der Waals surface area (Å²) < 4.78 is 14.7. The molecule has 0 saturated carbocycles. The van der Waals surface area contributed by atoms with Crippen LogP contribution in [0.5, 0.6) is 0 Å². The average molecular weight is 539 g/mol. The highest BCUT2D eigenvalue weighted by Gasteiger charge is 2.27. The van der Waals surface area contributed by atoms with Crippen LogP contribution >= 0.6 is 15.9 Å². The molecule has 0 aromatic carbocycles. The standard InChI is InChI=1S/C25H40BrN3O3Si/c1-25(2,3)32-24(30)28-13-10-19(11-14-28)7-8-20-9-12-27-23-22(20)21(26)17-29(23)18-31-15-16-33(4,5)6/h9,12,17,19H,7-8,10-11,13-16,18H2,1-6H3/q-1. The third-order valence-electron chi connectivity index (χ3n) is 6.11. The van der Waals surface area contributed by atoms with E-state index >= 15 is 0 Å². The molecule has 1 fully saturated rings. The van der Waals surface area contributed by atoms with Gasteiger partial charge in [0.05, 0.1) is 0 Å². The minimum atomic E-state index is -1.09. The normalized spacial score (nSPS) is 15.9. The predicted octanol–water partition coefficient (Wildman–Crippen LogP) is 6.69. The smallest absolute Gasteiger partial charge is 0.410 e. The lowest BCUT2D eigenvalue weighted by atomic mass is 9.90. The van der Waals surface area contributed by atoms with Gasteiger partial charge >= 0.3 is 6.09 Å². The summed E-state index contributed by atoms with van der Waals surface area (Å²) in [7, 11) is -1.09. The van der Waals surface area contributed by atoms with Gasteiger partial charge in [-0.25, -0.2) is 9.78 Å². The number of hydrogen-bond acceptors (Lipinski definition) is 4. The number of nitrogens with zero attached hydrogens (tertiary/aromatic N) is 3. The fourth-order valence-electron chi connectivity index (χ4n) is 4.17. The molecule has 2 aromatic heterocycles. The van der Waals surface area contributed by atoms with Gasteiger partial charge in [-0.3, -0.25) is 0 Å². The Morgan fingerprint density at radius 3 is 2.58 bits per heavy atom. The fourth-order valence-corrected chi connectivity index (χ4v) is 5.60. The number of hydrogen-bond donors (Lipinski definition) is 0. The Hall–Kier alpha value is -1.38. The van der Waals surface area contributed by atoms with Crippen molar-refractivity contribution >= 4 is 41.1 Å². The van der Waals surface area contributed by atoms with Gasteiger partial charge in [0.1, 0.15) is 18.0 Å². The molecule has 2 aromatic rings. The van der Waals surface area contributed by atoms with Crippen molar-refractivity contribution in [1.82, 2.24) is 14.5 Å². The number of carbonyl (C=O) groups excluding carboxylic acids is 1. The second-order valence-electron chi connectivity index (χ2n) is 11.4. The van der Waals surface area contributed by atoms with E-state index in [2.05, 4.69) is 57.4 Å². The van der Waals surface area contributed by atoms with Gasteiger partial charge in [-0.2, -0.15) is 19.6 Å². The highest BCUT2D eigenvalue weighted by molar-refractivity contribution is 9.10. The van der Waals surface area contributed by atoms with Crippen molar-refractivity contribution in [3.63, 3.8) is 0 Å². The number of pyridine rings is 1. The SMILES string of the molecule is CC(C)(C)OC(=O)N1CCC(CCc2ccnc3c2c(Br)cn3COCC[Si-](C)(C)C)CC1. The zero-order valence-corrected chi connectivity index (χ0v) is 23.7. The van der Waals surface area contributed by atoms with Crippen LogP contribution in [0.4, 0.5) is 4.79 Å². The molecule has 33 heavy (non-hydrogen) atoms. The average Bonchev–Trinajstić information content (AvgIpc) is 3.04. The van der Waals surface area contributed by atoms with Gasteiger partial charge in [0.25, 0.3) is 0 Å². The Kier molecular flexibility index (Phi) is 8.67. The third kappa shape index (κ3) is 7.82. The molecule has 1 amide bonds. The minimum absolute atomic E-state index is 0.186. The third-order valence-corrected chi connectivity index (χ3v) is 8.42. The molecule has 1 aliphatic rings. The van der Waals surface area contributed by atoms with E-state index in [4.69, 9.17) is 9.47 Å². The lowest BCUT2D eigenvalue weighted by Gasteiger charge is -2.33. The molecule has 0 unspecified atom stereocenters. The topological polar surface area (TPSA) is 56.6 Å². The summed E-state index contributed by atoms with van der Waals surface area (Å²) in [6.07, 6.45) is 8.00. The molecule has 1 saturated heterocycles. The van der Waals surface area contributed by atoms with Crippen LogP contribution in [-0.2, 0) is 22.6 Å². The molecule has 0 N–H and O–H groups in total. The first kappa shape index (κ1) is 26.2. The molecule has 0 bridgehead atoms. The Morgan fingerprint density at radius 2 is 1.94 bits per heavy atom. The van der Waals surface area contributed by atoms with Gasteiger partial charge in [0, 0.05) is 41.9 Å². The molecule has 6 nitrogen and oxygen atoms in total. The number of piperidine rings is 1. The molecule has 3 heterocycles. The first-order valence-corrected chi connectivity index (χ1v) is 16.6. The monoisotopic (exact) mass is 537 g/mol. The van der Waals surface area contributed by atoms with E-state index in [1.807, 2.05) is 31.9 Å². The quantitative estimate of drug-likeness (QED) is 0.278. The van der Waals surface area contributed by atoms with Crippen LogP contribution in [-0.4, -0.2) is 53.9 Å². The zero-order valence-electron chi connectivity index (χ0n) is 21.1. The van der Waals surface area contributed by atoms with Crippen LogP contribution in [0.2, 0.25) is 25.7 Å². The lowest BCUT2D eigenvalue weighted by molar-refractivity contribution is 0.0181. The summed E-state index contributed by atoms with van der Waals surface area (Å²) in [5.74, 6) is 0.623. The summed E-state index contributed by atoms with van der Waals surface area (Å²) >= 11 is 3.76. The number of amides is 1. The van der Waals surface area contributed by atoms with E-state index in [1.165, 1.54) is 17.0 Å². The maximum absolute atomic E-state index is 12.3. The van der Waals surface area contributed by atoms with Crippen molar-refractivity contribution in [3.8, 4) is 0 Å². The van der Waals surface area contributed by atoms with Crippen LogP contribution < -0.4 is 0 Å². The van der Waals surface area contributed by atoms with Gasteiger partial charge in [-0.1, -0.05) is 0 Å². The number of fused-ring (bicyclic) bond motifs is 1. The van der Waals surface area contributed by atoms with Crippen molar-refractivity contribution < 1.29 is 14.3 Å². The van der Waals surface area contributed by atoms with Crippen LogP contribution in [0.1, 0.15) is 45.6 Å². The molecular formula is C25H40BrN3O3Si-. The van der Waals surface area contributed by atoms with Gasteiger partial charge in [-0.05, 0) is 79.9 Å². The summed E-state index contributed by atoms with van der Waals surface area (Å²) in [5, 5.41) is 1.19. The lowest BCUT2D eigenvalue weighted by Crippen LogP contribution is -2.41. The van der Waals surface area contributed by atoms with Crippen LogP contribution in [0, 0.1) is 5.92 Å². The molecule has 0 atom stereocenters. The second-order valence-corrected chi connectivity index (χ2v) is 17.9. The molecule has 185 valence electrons. The number of carbonyl (C=O) groups is 1. The molecule has 8 heteroatoms. The molecular weight excluding hydrogens is 498 g/mol. The van der Waals surface area contributed by atoms with E-state index in [0.717, 1.165) is 55.5 Å². The Balaban J connectivity index is 1.55. The van der Waals surface area contributed by atoms with E-state index < -0.39 is 13.7 Å². The molecule has 3 rings (SSSR count). The second kappa shape index (κ2) is 10.9. The first-order valence-electron chi connectivity index (χ1n) is 12.1. The maximum atomic E-state index is 12.3. The number of aryl methyl sites for hydroxylation is 1. The largest absolute Gasteiger partial charge is 0.444 e. The van der Waals surface area contributed by atoms with E-state index in [9.17, 15) is 4.79 Å². The van der Waals surface area contributed by atoms with E-state index in [1.54, 1.807) is 0 Å². The number of ether oxygens (including phenoxy) is 2. The van der Waals surface area contributed by atoms with Crippen LogP contribution in [0.25, 0.3) is 11.0 Å². The molecule has 0 aliphatic carbocycles. The molecule has 0 radical (unpaired) electrons. The Labute approximate surface area is 208 Å². The van der Waals surface area contributed by atoms with Crippen LogP contribution in [0.15, 0.2) is 22.9 Å². The predicted molar refractivity (Wildman–Crippen MR) is 140 cm³/mol. The summed E-state index contributed by atoms with van der Waals surface area (Å²) in [6, 6.07) is 3.30. The van der Waals surface area contributed by atoms with Crippen molar-refractivity contribution in [2.45, 2.75) is 84.5 Å². The van der Waals surface area contributed by atoms with Gasteiger partial charge in [0.2, 0.25) is 0 Å². The number of likely N-dealkylation sites (tertiary alicyclic amines) is 1. The summed E-state index contributed by atoms with van der Waals surface area (Å²) in [6.45, 7) is 15.7. The highest BCUT2D eigenvalue weighted by atomic mass is 79.9. The van der Waals surface area contributed by atoms with Gasteiger partial charge in [-0.15, -0.1) is 14.1 Å². The summed E-state index contributed by atoms with van der Waals surface area (Å²) in [5.41, 5.74) is 1.86. The number of halogens is 1. The zero-order chi connectivity index (χ0) is 24.2. The van der Waals surface area contributed by atoms with Crippen molar-refractivity contribution in [2.75, 3.05) is 19.7 Å². The van der Waals surface area contributed by atoms with Crippen molar-refractivity contribution in [2.24, 2.45) is 5.92 Å². The number of rotatable bonds is 8. The summed E-state index contributed by atoms with van der Waals surface area (Å²) in [4.78, 5) is 18.8. The highest BCUT2D eigenvalue weighted by Crippen LogP contribution is 2.31. The van der Waals surface area contributed by atoms with E-state index in [-0.39, 0.29) is 6.09 Å². The van der Waals surface area contributed by atoms with Crippen LogP contribution in [0.3, 0.4) is 0 Å². The maximum Gasteiger partial charge on any atom is 0.410 e.